The van der Waals surface area contributed by atoms with Gasteiger partial charge in [-0.15, -0.1) is 11.3 Å². The number of aromatic nitrogens is 2. The van der Waals surface area contributed by atoms with E-state index in [0.29, 0.717) is 31.2 Å². The minimum Gasteiger partial charge on any atom is -0.391 e. The van der Waals surface area contributed by atoms with Crippen molar-refractivity contribution >= 4 is 33.4 Å². The number of fused-ring (bicyclic) bond motifs is 1. The van der Waals surface area contributed by atoms with E-state index in [-0.39, 0.29) is 11.9 Å². The van der Waals surface area contributed by atoms with Crippen molar-refractivity contribution in [1.82, 2.24) is 14.9 Å². The van der Waals surface area contributed by atoms with Crippen molar-refractivity contribution in [3.8, 4) is 0 Å². The monoisotopic (exact) mass is 382 g/mol. The molecule has 1 fully saturated rings. The van der Waals surface area contributed by atoms with Crippen molar-refractivity contribution < 1.29 is 9.90 Å². The van der Waals surface area contributed by atoms with Crippen LogP contribution in [-0.2, 0) is 0 Å². The molecule has 2 atom stereocenters. The van der Waals surface area contributed by atoms with Crippen LogP contribution in [0.4, 0.5) is 5.95 Å². The zero-order valence-corrected chi connectivity index (χ0v) is 16.2. The Kier molecular flexibility index (Phi) is 4.80. The van der Waals surface area contributed by atoms with Gasteiger partial charge in [0.25, 0.3) is 5.91 Å². The number of likely N-dealkylation sites (tertiary alicyclic amines) is 1. The number of nitrogens with zero attached hydrogens (tertiary/aromatic N) is 3. The second-order valence-electron chi connectivity index (χ2n) is 7.00. The largest absolute Gasteiger partial charge is 0.391 e. The number of hydrogen-bond acceptors (Lipinski definition) is 6. The van der Waals surface area contributed by atoms with E-state index in [9.17, 15) is 9.90 Å². The molecule has 1 amide bonds. The van der Waals surface area contributed by atoms with Gasteiger partial charge in [0.05, 0.1) is 22.4 Å². The van der Waals surface area contributed by atoms with Crippen LogP contribution < -0.4 is 5.32 Å². The molecular weight excluding hydrogens is 360 g/mol. The van der Waals surface area contributed by atoms with Gasteiger partial charge in [0.2, 0.25) is 5.95 Å². The molecule has 0 spiro atoms. The average Bonchev–Trinajstić information content (AvgIpc) is 3.29. The van der Waals surface area contributed by atoms with Gasteiger partial charge < -0.3 is 15.3 Å². The molecule has 0 aliphatic carbocycles. The van der Waals surface area contributed by atoms with E-state index in [1.165, 1.54) is 16.9 Å². The maximum absolute atomic E-state index is 13.0. The number of amides is 1. The highest BCUT2D eigenvalue weighted by Gasteiger charge is 2.28. The number of thiophene rings is 1. The minimum absolute atomic E-state index is 0.0116. The number of aliphatic hydroxyl groups excluding tert-OH is 1. The predicted octanol–water partition coefficient (Wildman–Crippen LogP) is 3.38. The highest BCUT2D eigenvalue weighted by atomic mass is 32.1. The van der Waals surface area contributed by atoms with E-state index in [1.54, 1.807) is 4.90 Å². The SMILES string of the molecule is Cc1cccc(C(C)Nc2nc(C(=O)N3CCC(O)C3)c3sccc3n2)c1. The van der Waals surface area contributed by atoms with Crippen LogP contribution in [-0.4, -0.2) is 45.1 Å². The highest BCUT2D eigenvalue weighted by Crippen LogP contribution is 2.27. The topological polar surface area (TPSA) is 78.4 Å². The average molecular weight is 382 g/mol. The molecule has 1 saturated heterocycles. The summed E-state index contributed by atoms with van der Waals surface area (Å²) in [5.41, 5.74) is 3.50. The lowest BCUT2D eigenvalue weighted by atomic mass is 10.1. The molecule has 2 N–H and O–H groups in total. The van der Waals surface area contributed by atoms with E-state index in [0.717, 1.165) is 15.8 Å². The van der Waals surface area contributed by atoms with Crippen LogP contribution in [0.15, 0.2) is 35.7 Å². The summed E-state index contributed by atoms with van der Waals surface area (Å²) in [6.45, 7) is 5.02. The minimum atomic E-state index is -0.450. The molecule has 7 heteroatoms. The van der Waals surface area contributed by atoms with Crippen LogP contribution >= 0.6 is 11.3 Å². The van der Waals surface area contributed by atoms with Crippen molar-refractivity contribution in [2.24, 2.45) is 0 Å². The molecule has 3 aromatic rings. The van der Waals surface area contributed by atoms with Crippen LogP contribution in [0, 0.1) is 6.92 Å². The Balaban J connectivity index is 1.65. The third-order valence-electron chi connectivity index (χ3n) is 4.84. The van der Waals surface area contributed by atoms with Gasteiger partial charge in [-0.2, -0.15) is 0 Å². The number of benzene rings is 1. The zero-order valence-electron chi connectivity index (χ0n) is 15.3. The summed E-state index contributed by atoms with van der Waals surface area (Å²) in [6.07, 6.45) is 0.161. The molecule has 1 aromatic carbocycles. The maximum atomic E-state index is 13.0. The zero-order chi connectivity index (χ0) is 19.0. The molecule has 0 bridgehead atoms. The second-order valence-corrected chi connectivity index (χ2v) is 7.92. The van der Waals surface area contributed by atoms with Gasteiger partial charge in [-0.25, -0.2) is 9.97 Å². The molecule has 4 rings (SSSR count). The third kappa shape index (κ3) is 3.65. The van der Waals surface area contributed by atoms with Crippen LogP contribution in [0.3, 0.4) is 0 Å². The Morgan fingerprint density at radius 3 is 2.96 bits per heavy atom. The molecule has 140 valence electrons. The number of carbonyl (C=O) groups is 1. The van der Waals surface area contributed by atoms with E-state index in [1.807, 2.05) is 24.4 Å². The normalized spacial score (nSPS) is 18.0. The number of aryl methyl sites for hydroxylation is 1. The van der Waals surface area contributed by atoms with E-state index >= 15 is 0 Å². The first-order valence-corrected chi connectivity index (χ1v) is 9.95. The first-order valence-electron chi connectivity index (χ1n) is 9.07. The van der Waals surface area contributed by atoms with Crippen LogP contribution in [0.25, 0.3) is 10.2 Å². The van der Waals surface area contributed by atoms with Gasteiger partial charge in [-0.1, -0.05) is 29.8 Å². The van der Waals surface area contributed by atoms with Crippen LogP contribution in [0.1, 0.15) is 41.0 Å². The lowest BCUT2D eigenvalue weighted by molar-refractivity contribution is 0.0761. The molecule has 3 heterocycles. The fourth-order valence-electron chi connectivity index (χ4n) is 3.37. The van der Waals surface area contributed by atoms with Gasteiger partial charge in [-0.3, -0.25) is 4.79 Å². The summed E-state index contributed by atoms with van der Waals surface area (Å²) >= 11 is 1.47. The summed E-state index contributed by atoms with van der Waals surface area (Å²) in [5, 5.41) is 15.0. The number of aliphatic hydroxyl groups is 1. The summed E-state index contributed by atoms with van der Waals surface area (Å²) in [6, 6.07) is 10.2. The lowest BCUT2D eigenvalue weighted by Gasteiger charge is -2.18. The van der Waals surface area contributed by atoms with E-state index < -0.39 is 6.10 Å². The van der Waals surface area contributed by atoms with Crippen molar-refractivity contribution in [1.29, 1.82) is 0 Å². The van der Waals surface area contributed by atoms with Gasteiger partial charge in [0.1, 0.15) is 0 Å². The van der Waals surface area contributed by atoms with Gasteiger partial charge in [0.15, 0.2) is 5.69 Å². The van der Waals surface area contributed by atoms with Crippen molar-refractivity contribution in [2.75, 3.05) is 18.4 Å². The fraction of sp³-hybridized carbons (Fsp3) is 0.350. The van der Waals surface area contributed by atoms with E-state index in [2.05, 4.69) is 40.4 Å². The highest BCUT2D eigenvalue weighted by molar-refractivity contribution is 7.17. The number of nitrogens with one attached hydrogen (secondary N) is 1. The Bertz CT molecular complexity index is 987. The Morgan fingerprint density at radius 1 is 1.37 bits per heavy atom. The number of hydrogen-bond donors (Lipinski definition) is 2. The Labute approximate surface area is 161 Å². The second kappa shape index (κ2) is 7.25. The Hall–Kier alpha value is -2.51. The van der Waals surface area contributed by atoms with Gasteiger partial charge in [0, 0.05) is 13.1 Å². The lowest BCUT2D eigenvalue weighted by Crippen LogP contribution is -2.30. The number of β-amino-alcohol motifs (C(OH)–C–C–N with tert-alkyl or cyclic N) is 1. The standard InChI is InChI=1S/C20H22N4O2S/c1-12-4-3-5-14(10-12)13(2)21-20-22-16-7-9-27-18(16)17(23-20)19(26)24-8-6-15(25)11-24/h3-5,7,9-10,13,15,25H,6,8,11H2,1-2H3,(H,21,22,23). The molecule has 27 heavy (non-hydrogen) atoms. The smallest absolute Gasteiger partial charge is 0.274 e. The summed E-state index contributed by atoms with van der Waals surface area (Å²) in [4.78, 5) is 23.7. The van der Waals surface area contributed by atoms with E-state index in [4.69, 9.17) is 0 Å². The molecule has 0 saturated carbocycles. The summed E-state index contributed by atoms with van der Waals surface area (Å²) in [5.74, 6) is 0.297. The van der Waals surface area contributed by atoms with Crippen molar-refractivity contribution in [3.63, 3.8) is 0 Å². The first-order chi connectivity index (χ1) is 13.0. The molecule has 1 aliphatic rings. The maximum Gasteiger partial charge on any atom is 0.274 e. The molecule has 0 radical (unpaired) electrons. The van der Waals surface area contributed by atoms with Gasteiger partial charge in [-0.05, 0) is 37.3 Å². The number of carbonyl (C=O) groups excluding carboxylic acids is 1. The fourth-order valence-corrected chi connectivity index (χ4v) is 4.18. The third-order valence-corrected chi connectivity index (χ3v) is 5.75. The first kappa shape index (κ1) is 17.9. The van der Waals surface area contributed by atoms with Crippen molar-refractivity contribution in [2.45, 2.75) is 32.4 Å². The quantitative estimate of drug-likeness (QED) is 0.723. The summed E-state index contributed by atoms with van der Waals surface area (Å²) < 4.78 is 0.787. The molecule has 2 aromatic heterocycles. The number of anilines is 1. The molecule has 2 unspecified atom stereocenters. The molecule has 1 aliphatic heterocycles. The summed E-state index contributed by atoms with van der Waals surface area (Å²) in [7, 11) is 0. The molecular formula is C20H22N4O2S. The van der Waals surface area contributed by atoms with Gasteiger partial charge >= 0.3 is 0 Å². The van der Waals surface area contributed by atoms with Crippen LogP contribution in [0.2, 0.25) is 0 Å². The van der Waals surface area contributed by atoms with Crippen molar-refractivity contribution in [3.05, 3.63) is 52.5 Å². The number of rotatable bonds is 4. The van der Waals surface area contributed by atoms with Crippen LogP contribution in [0.5, 0.6) is 0 Å². The predicted molar refractivity (Wildman–Crippen MR) is 107 cm³/mol. The molecule has 6 nitrogen and oxygen atoms in total. The Morgan fingerprint density at radius 2 is 2.22 bits per heavy atom.